The van der Waals surface area contributed by atoms with E-state index in [1.807, 2.05) is 0 Å². The molecule has 0 radical (unpaired) electrons. The summed E-state index contributed by atoms with van der Waals surface area (Å²) < 4.78 is 17.5. The van der Waals surface area contributed by atoms with Gasteiger partial charge in [0.2, 0.25) is 0 Å². The van der Waals surface area contributed by atoms with Crippen molar-refractivity contribution in [1.82, 2.24) is 0 Å². The van der Waals surface area contributed by atoms with Crippen LogP contribution in [0.1, 0.15) is 12.8 Å². The number of Topliss-reactive ketones (excluding diaryl/α,β-unsaturated/α-hetero) is 1. The maximum Gasteiger partial charge on any atom is 0.143 e. The number of hydrogen-bond donors (Lipinski definition) is 0. The zero-order chi connectivity index (χ0) is 11.8. The highest BCUT2D eigenvalue weighted by Crippen LogP contribution is 2.18. The second-order valence-corrected chi connectivity index (χ2v) is 4.43. The Morgan fingerprint density at radius 3 is 2.69 bits per heavy atom. The quantitative estimate of drug-likeness (QED) is 0.543. The minimum atomic E-state index is -0.254. The summed E-state index contributed by atoms with van der Waals surface area (Å²) in [7, 11) is 1.62. The fraction of sp³-hybridized carbons (Fsp3) is 0.417. The van der Waals surface area contributed by atoms with Gasteiger partial charge in [-0.2, -0.15) is 0 Å². The largest absolute Gasteiger partial charge is 0.385 e. The fourth-order valence-corrected chi connectivity index (χ4v) is 1.98. The van der Waals surface area contributed by atoms with E-state index in [1.54, 1.807) is 19.2 Å². The van der Waals surface area contributed by atoms with Gasteiger partial charge in [-0.15, -0.1) is 11.8 Å². The van der Waals surface area contributed by atoms with Gasteiger partial charge in [-0.3, -0.25) is 4.79 Å². The van der Waals surface area contributed by atoms with E-state index in [1.165, 1.54) is 23.9 Å². The van der Waals surface area contributed by atoms with Crippen LogP contribution in [0.25, 0.3) is 0 Å². The zero-order valence-electron chi connectivity index (χ0n) is 9.24. The molecule has 0 amide bonds. The molecule has 0 aliphatic heterocycles. The van der Waals surface area contributed by atoms with E-state index in [4.69, 9.17) is 4.74 Å². The maximum atomic E-state index is 12.6. The topological polar surface area (TPSA) is 26.3 Å². The smallest absolute Gasteiger partial charge is 0.143 e. The van der Waals surface area contributed by atoms with Crippen LogP contribution in [0.2, 0.25) is 0 Å². The maximum absolute atomic E-state index is 12.6. The second-order valence-electron chi connectivity index (χ2n) is 3.38. The van der Waals surface area contributed by atoms with Crippen molar-refractivity contribution < 1.29 is 13.9 Å². The van der Waals surface area contributed by atoms with Crippen molar-refractivity contribution in [2.45, 2.75) is 17.7 Å². The van der Waals surface area contributed by atoms with Gasteiger partial charge in [0.25, 0.3) is 0 Å². The predicted octanol–water partition coefficient (Wildman–Crippen LogP) is 2.91. The molecule has 0 bridgehead atoms. The first-order chi connectivity index (χ1) is 7.72. The third-order valence-electron chi connectivity index (χ3n) is 2.02. The first kappa shape index (κ1) is 13.2. The molecule has 0 saturated carbocycles. The molecule has 1 rings (SSSR count). The van der Waals surface area contributed by atoms with Crippen molar-refractivity contribution in [2.24, 2.45) is 0 Å². The van der Waals surface area contributed by atoms with Crippen molar-refractivity contribution in [3.05, 3.63) is 30.1 Å². The molecule has 0 aliphatic rings. The fourth-order valence-electron chi connectivity index (χ4n) is 1.18. The SMILES string of the molecule is COCCCC(=O)CSc1ccc(F)cc1. The van der Waals surface area contributed by atoms with Crippen molar-refractivity contribution in [3.8, 4) is 0 Å². The van der Waals surface area contributed by atoms with E-state index in [-0.39, 0.29) is 11.6 Å². The van der Waals surface area contributed by atoms with Gasteiger partial charge in [-0.1, -0.05) is 0 Å². The number of carbonyl (C=O) groups excluding carboxylic acids is 1. The van der Waals surface area contributed by atoms with Gasteiger partial charge in [-0.25, -0.2) is 4.39 Å². The van der Waals surface area contributed by atoms with Crippen LogP contribution in [0.3, 0.4) is 0 Å². The van der Waals surface area contributed by atoms with E-state index in [0.29, 0.717) is 18.8 Å². The number of thioether (sulfide) groups is 1. The minimum absolute atomic E-state index is 0.200. The van der Waals surface area contributed by atoms with Crippen LogP contribution >= 0.6 is 11.8 Å². The highest BCUT2D eigenvalue weighted by molar-refractivity contribution is 8.00. The Kier molecular flexibility index (Phi) is 6.11. The standard InChI is InChI=1S/C12H15FO2S/c1-15-8-2-3-11(14)9-16-12-6-4-10(13)5-7-12/h4-7H,2-3,8-9H2,1H3. The zero-order valence-corrected chi connectivity index (χ0v) is 10.1. The molecule has 0 atom stereocenters. The van der Waals surface area contributed by atoms with Gasteiger partial charge < -0.3 is 4.74 Å². The number of halogens is 1. The summed E-state index contributed by atoms with van der Waals surface area (Å²) in [6, 6.07) is 6.17. The first-order valence-electron chi connectivity index (χ1n) is 5.11. The van der Waals surface area contributed by atoms with E-state index in [0.717, 1.165) is 11.3 Å². The molecule has 0 saturated heterocycles. The number of rotatable bonds is 7. The average Bonchev–Trinajstić information content (AvgIpc) is 2.29. The third-order valence-corrected chi connectivity index (χ3v) is 3.09. The van der Waals surface area contributed by atoms with E-state index < -0.39 is 0 Å². The summed E-state index contributed by atoms with van der Waals surface area (Å²) >= 11 is 1.44. The summed E-state index contributed by atoms with van der Waals surface area (Å²) in [5.74, 6) is 0.386. The van der Waals surface area contributed by atoms with Crippen LogP contribution < -0.4 is 0 Å². The van der Waals surface area contributed by atoms with Crippen LogP contribution in [0.4, 0.5) is 4.39 Å². The molecule has 2 nitrogen and oxygen atoms in total. The Hall–Kier alpha value is -0.870. The lowest BCUT2D eigenvalue weighted by atomic mass is 10.2. The lowest BCUT2D eigenvalue weighted by Crippen LogP contribution is -2.03. The molecule has 16 heavy (non-hydrogen) atoms. The van der Waals surface area contributed by atoms with Gasteiger partial charge in [-0.05, 0) is 30.7 Å². The highest BCUT2D eigenvalue weighted by Gasteiger charge is 2.03. The molecule has 0 heterocycles. The number of ketones is 1. The van der Waals surface area contributed by atoms with Gasteiger partial charge in [0.15, 0.2) is 0 Å². The predicted molar refractivity (Wildman–Crippen MR) is 63.2 cm³/mol. The minimum Gasteiger partial charge on any atom is -0.385 e. The molecule has 0 N–H and O–H groups in total. The van der Waals surface area contributed by atoms with Crippen LogP contribution in [0.15, 0.2) is 29.2 Å². The summed E-state index contributed by atoms with van der Waals surface area (Å²) in [5, 5.41) is 0. The first-order valence-corrected chi connectivity index (χ1v) is 6.10. The molecule has 1 aromatic carbocycles. The summed E-state index contributed by atoms with van der Waals surface area (Å²) in [6.45, 7) is 0.618. The lowest BCUT2D eigenvalue weighted by Gasteiger charge is -2.01. The normalized spacial score (nSPS) is 10.4. The number of methoxy groups -OCH3 is 1. The molecule has 88 valence electrons. The lowest BCUT2D eigenvalue weighted by molar-refractivity contribution is -0.116. The number of ether oxygens (including phenoxy) is 1. The van der Waals surface area contributed by atoms with Crippen LogP contribution in [0, 0.1) is 5.82 Å². The van der Waals surface area contributed by atoms with Crippen molar-refractivity contribution in [3.63, 3.8) is 0 Å². The molecule has 0 unspecified atom stereocenters. The molecule has 1 aromatic rings. The number of carbonyl (C=O) groups is 1. The van der Waals surface area contributed by atoms with E-state index >= 15 is 0 Å². The molecule has 0 fully saturated rings. The number of benzene rings is 1. The summed E-state index contributed by atoms with van der Waals surface area (Å²) in [4.78, 5) is 12.3. The van der Waals surface area contributed by atoms with Crippen LogP contribution in [-0.2, 0) is 9.53 Å². The molecule has 4 heteroatoms. The van der Waals surface area contributed by atoms with Gasteiger partial charge in [0, 0.05) is 25.0 Å². The average molecular weight is 242 g/mol. The van der Waals surface area contributed by atoms with Crippen molar-refractivity contribution >= 4 is 17.5 Å². The Balaban J connectivity index is 2.23. The Morgan fingerprint density at radius 2 is 2.06 bits per heavy atom. The molecular weight excluding hydrogens is 227 g/mol. The number of hydrogen-bond acceptors (Lipinski definition) is 3. The Labute approximate surface area is 99.2 Å². The summed E-state index contributed by atoms with van der Waals surface area (Å²) in [5.41, 5.74) is 0. The van der Waals surface area contributed by atoms with Crippen molar-refractivity contribution in [2.75, 3.05) is 19.5 Å². The monoisotopic (exact) mass is 242 g/mol. The van der Waals surface area contributed by atoms with Crippen LogP contribution in [0.5, 0.6) is 0 Å². The molecular formula is C12H15FO2S. The van der Waals surface area contributed by atoms with Gasteiger partial charge in [0.1, 0.15) is 11.6 Å². The molecule has 0 spiro atoms. The van der Waals surface area contributed by atoms with Crippen LogP contribution in [-0.4, -0.2) is 25.3 Å². The van der Waals surface area contributed by atoms with E-state index in [2.05, 4.69) is 0 Å². The Morgan fingerprint density at radius 1 is 1.38 bits per heavy atom. The van der Waals surface area contributed by atoms with Gasteiger partial charge >= 0.3 is 0 Å². The third kappa shape index (κ3) is 5.28. The highest BCUT2D eigenvalue weighted by atomic mass is 32.2. The van der Waals surface area contributed by atoms with Crippen molar-refractivity contribution in [1.29, 1.82) is 0 Å². The van der Waals surface area contributed by atoms with Gasteiger partial charge in [0.05, 0.1) is 5.75 Å². The Bertz CT molecular complexity index is 324. The molecule has 0 aromatic heterocycles. The summed E-state index contributed by atoms with van der Waals surface area (Å²) in [6.07, 6.45) is 1.31. The van der Waals surface area contributed by atoms with E-state index in [9.17, 15) is 9.18 Å². The molecule has 0 aliphatic carbocycles. The second kappa shape index (κ2) is 7.41.